The van der Waals surface area contributed by atoms with Gasteiger partial charge in [-0.05, 0) is 25.0 Å². The van der Waals surface area contributed by atoms with Crippen molar-refractivity contribution in [3.8, 4) is 11.4 Å². The molecule has 2 aliphatic carbocycles. The average molecular weight is 666 g/mol. The predicted molar refractivity (Wildman–Crippen MR) is 153 cm³/mol. The number of imidazole rings is 2. The summed E-state index contributed by atoms with van der Waals surface area (Å²) in [5.41, 5.74) is 0.216. The Morgan fingerprint density at radius 2 is 1.02 bits per heavy atom. The summed E-state index contributed by atoms with van der Waals surface area (Å²) in [6, 6.07) is 4.20. The molecule has 2 aromatic heterocycles. The molecule has 2 aliphatic rings. The molecule has 0 spiro atoms. The summed E-state index contributed by atoms with van der Waals surface area (Å²) in [5.74, 6) is 0. The normalized spacial score (nSPS) is 21.0. The summed E-state index contributed by atoms with van der Waals surface area (Å²) in [7, 11) is -12.0. The van der Waals surface area contributed by atoms with Crippen LogP contribution in [0.2, 0.25) is 0 Å². The third-order valence-electron chi connectivity index (χ3n) is 6.96. The highest BCUT2D eigenvalue weighted by molar-refractivity contribution is 6.50. The Morgan fingerprint density at radius 1 is 0.652 bits per heavy atom. The number of allylic oxidation sites excluding steroid dienone is 8. The molecule has 2 atom stereocenters. The van der Waals surface area contributed by atoms with Gasteiger partial charge < -0.3 is 34.5 Å². The first-order valence-electron chi connectivity index (χ1n) is 13.9. The summed E-state index contributed by atoms with van der Waals surface area (Å²) in [4.78, 5) is 0. The quantitative estimate of drug-likeness (QED) is 0.143. The SMILES string of the molecule is CC1(C[n+]2ccn(-c3cc(-n4cc[n+](CC5(C)C=CC=CC5)c4)cc(C(F)(F)F)c3)c2)C=CC=CC1.F[B-](F)(F)F.F[B-](F)(F)F. The van der Waals surface area contributed by atoms with Crippen molar-refractivity contribution < 1.29 is 56.8 Å². The van der Waals surface area contributed by atoms with Crippen molar-refractivity contribution in [2.45, 2.75) is 46.0 Å². The zero-order valence-corrected chi connectivity index (χ0v) is 24.7. The van der Waals surface area contributed by atoms with Gasteiger partial charge >= 0.3 is 20.7 Å². The van der Waals surface area contributed by atoms with Crippen molar-refractivity contribution in [3.63, 3.8) is 0 Å². The van der Waals surface area contributed by atoms with Crippen LogP contribution in [0.15, 0.2) is 104 Å². The van der Waals surface area contributed by atoms with E-state index in [-0.39, 0.29) is 10.8 Å². The van der Waals surface area contributed by atoms with Crippen LogP contribution in [0.5, 0.6) is 0 Å². The van der Waals surface area contributed by atoms with Crippen LogP contribution >= 0.6 is 0 Å². The van der Waals surface area contributed by atoms with Crippen LogP contribution in [0.4, 0.5) is 47.7 Å². The van der Waals surface area contributed by atoms with E-state index in [1.807, 2.05) is 70.9 Å². The smallest absolute Gasteiger partial charge is 0.418 e. The maximum Gasteiger partial charge on any atom is 0.673 e. The van der Waals surface area contributed by atoms with Gasteiger partial charge in [-0.25, -0.2) is 18.3 Å². The first-order chi connectivity index (χ1) is 21.1. The number of benzene rings is 1. The zero-order valence-electron chi connectivity index (χ0n) is 24.7. The molecule has 0 radical (unpaired) electrons. The van der Waals surface area contributed by atoms with Gasteiger partial charge in [-0.1, -0.05) is 62.5 Å². The predicted octanol–water partition coefficient (Wildman–Crippen LogP) is 8.51. The van der Waals surface area contributed by atoms with Gasteiger partial charge in [0, 0.05) is 16.9 Å². The largest absolute Gasteiger partial charge is 0.673 e. The molecule has 0 saturated carbocycles. The first kappa shape index (κ1) is 36.4. The lowest BCUT2D eigenvalue weighted by Crippen LogP contribution is -2.40. The molecule has 46 heavy (non-hydrogen) atoms. The van der Waals surface area contributed by atoms with E-state index >= 15 is 0 Å². The minimum Gasteiger partial charge on any atom is -0.418 e. The summed E-state index contributed by atoms with van der Waals surface area (Å²) < 4.78 is 127. The van der Waals surface area contributed by atoms with Gasteiger partial charge in [-0.3, -0.25) is 0 Å². The molecule has 0 fully saturated rings. The molecule has 2 unspecified atom stereocenters. The number of halogens is 11. The Kier molecular flexibility index (Phi) is 11.2. The topological polar surface area (TPSA) is 17.6 Å². The first-order valence-corrected chi connectivity index (χ1v) is 13.9. The van der Waals surface area contributed by atoms with Gasteiger partial charge in [0.1, 0.15) is 36.2 Å². The lowest BCUT2D eigenvalue weighted by Gasteiger charge is -2.23. The molecule has 1 aromatic carbocycles. The number of rotatable bonds is 6. The third-order valence-corrected chi connectivity index (χ3v) is 6.96. The molecule has 5 rings (SSSR count). The molecule has 250 valence electrons. The molecule has 3 aromatic rings. The van der Waals surface area contributed by atoms with E-state index in [0.29, 0.717) is 11.4 Å². The zero-order chi connectivity index (χ0) is 34.4. The van der Waals surface area contributed by atoms with E-state index in [4.69, 9.17) is 0 Å². The van der Waals surface area contributed by atoms with Crippen LogP contribution < -0.4 is 9.13 Å². The molecular formula is C29H31B2F11N4. The molecule has 4 nitrogen and oxygen atoms in total. The molecule has 17 heteroatoms. The van der Waals surface area contributed by atoms with Crippen molar-refractivity contribution >= 4 is 14.5 Å². The van der Waals surface area contributed by atoms with E-state index in [0.717, 1.165) is 25.9 Å². The Hall–Kier alpha value is -4.04. The Bertz CT molecular complexity index is 1460. The Labute approximate surface area is 258 Å². The number of hydrogen-bond donors (Lipinski definition) is 0. The van der Waals surface area contributed by atoms with E-state index in [9.17, 15) is 47.7 Å². The van der Waals surface area contributed by atoms with E-state index in [1.54, 1.807) is 15.2 Å². The van der Waals surface area contributed by atoms with Crippen molar-refractivity contribution in [1.82, 2.24) is 9.13 Å². The van der Waals surface area contributed by atoms with Crippen molar-refractivity contribution in [2.75, 3.05) is 0 Å². The molecule has 2 heterocycles. The Balaban J connectivity index is 0.000000503. The molecule has 0 saturated heterocycles. The molecule has 0 N–H and O–H groups in total. The number of nitrogens with zero attached hydrogens (tertiary/aromatic N) is 4. The van der Waals surface area contributed by atoms with Crippen molar-refractivity contribution in [2.24, 2.45) is 10.8 Å². The summed E-state index contributed by atoms with van der Waals surface area (Å²) in [6.45, 7) is 5.85. The van der Waals surface area contributed by atoms with Gasteiger partial charge in [0.2, 0.25) is 12.7 Å². The lowest BCUT2D eigenvalue weighted by molar-refractivity contribution is -0.706. The van der Waals surface area contributed by atoms with E-state index in [2.05, 4.69) is 38.2 Å². The van der Waals surface area contributed by atoms with Gasteiger partial charge in [-0.2, -0.15) is 13.2 Å². The minimum absolute atomic E-state index is 0.0245. The fourth-order valence-corrected chi connectivity index (χ4v) is 4.95. The summed E-state index contributed by atoms with van der Waals surface area (Å²) in [6.07, 6.45) is 25.4. The second kappa shape index (κ2) is 14.2. The molecule has 0 aliphatic heterocycles. The van der Waals surface area contributed by atoms with Crippen molar-refractivity contribution in [3.05, 3.63) is 110 Å². The second-order valence-corrected chi connectivity index (χ2v) is 11.5. The molecular weight excluding hydrogens is 635 g/mol. The van der Waals surface area contributed by atoms with Crippen molar-refractivity contribution in [1.29, 1.82) is 0 Å². The van der Waals surface area contributed by atoms with Crippen LogP contribution in [0, 0.1) is 10.8 Å². The van der Waals surface area contributed by atoms with Gasteiger partial charge in [0.15, 0.2) is 0 Å². The number of hydrogen-bond acceptors (Lipinski definition) is 0. The van der Waals surface area contributed by atoms with Gasteiger partial charge in [-0.15, -0.1) is 0 Å². The third kappa shape index (κ3) is 12.4. The van der Waals surface area contributed by atoms with E-state index in [1.165, 1.54) is 12.1 Å². The van der Waals surface area contributed by atoms with Gasteiger partial charge in [0.05, 0.1) is 18.7 Å². The maximum absolute atomic E-state index is 13.9. The van der Waals surface area contributed by atoms with Crippen LogP contribution in [0.25, 0.3) is 11.4 Å². The van der Waals surface area contributed by atoms with Crippen LogP contribution in [-0.2, 0) is 19.3 Å². The number of alkyl halides is 3. The maximum atomic E-state index is 13.9. The highest BCUT2D eigenvalue weighted by atomic mass is 19.5. The Morgan fingerprint density at radius 3 is 1.33 bits per heavy atom. The van der Waals surface area contributed by atoms with Crippen LogP contribution in [-0.4, -0.2) is 23.6 Å². The lowest BCUT2D eigenvalue weighted by atomic mass is 9.84. The summed E-state index contributed by atoms with van der Waals surface area (Å²) in [5, 5.41) is 0. The van der Waals surface area contributed by atoms with Crippen LogP contribution in [0.3, 0.4) is 0 Å². The monoisotopic (exact) mass is 666 g/mol. The highest BCUT2D eigenvalue weighted by Crippen LogP contribution is 2.33. The van der Waals surface area contributed by atoms with E-state index < -0.39 is 26.2 Å². The van der Waals surface area contributed by atoms with Gasteiger partial charge in [0.25, 0.3) is 0 Å². The minimum atomic E-state index is -6.00. The fraction of sp³-hybridized carbons (Fsp3) is 0.310. The van der Waals surface area contributed by atoms with Crippen LogP contribution in [0.1, 0.15) is 32.3 Å². The fourth-order valence-electron chi connectivity index (χ4n) is 4.95. The highest BCUT2D eigenvalue weighted by Gasteiger charge is 2.33. The number of aromatic nitrogens is 4. The summed E-state index contributed by atoms with van der Waals surface area (Å²) >= 11 is 0. The molecule has 0 bridgehead atoms. The molecule has 0 amide bonds. The second-order valence-electron chi connectivity index (χ2n) is 11.5. The average Bonchev–Trinajstić information content (AvgIpc) is 3.56. The standard InChI is InChI=1S/C29H31F3N4.2BF4/c1-27(9-5-3-6-10-27)20-33-13-15-35(22-33)25-17-24(29(30,31)32)18-26(19-25)36-16-14-34(23-36)21-28(2)11-7-4-8-12-28;2*2-1(3,4)5/h3-9,11,13-19,22-23H,10,12,20-21H2,1-2H3;;/q+2;2*-1.